The number of carbonyl (C=O) groups is 3. The van der Waals surface area contributed by atoms with Crippen LogP contribution < -0.4 is 9.47 Å². The summed E-state index contributed by atoms with van der Waals surface area (Å²) in [5.41, 5.74) is 2.03. The number of ketones is 1. The Hall–Kier alpha value is -4.30. The quantitative estimate of drug-likeness (QED) is 0.256. The Labute approximate surface area is 218 Å². The maximum atomic E-state index is 13.4. The van der Waals surface area contributed by atoms with Crippen LogP contribution in [0.25, 0.3) is 5.76 Å². The summed E-state index contributed by atoms with van der Waals surface area (Å²) in [5.74, 6) is -2.50. The van der Waals surface area contributed by atoms with Crippen LogP contribution in [0.3, 0.4) is 0 Å². The molecule has 3 aromatic rings. The third kappa shape index (κ3) is 4.88. The number of rotatable bonds is 7. The number of amides is 1. The zero-order valence-corrected chi connectivity index (χ0v) is 21.1. The van der Waals surface area contributed by atoms with Gasteiger partial charge in [0.25, 0.3) is 11.7 Å². The summed E-state index contributed by atoms with van der Waals surface area (Å²) in [5, 5.41) is 20.9. The van der Waals surface area contributed by atoms with E-state index in [2.05, 4.69) is 0 Å². The highest BCUT2D eigenvalue weighted by atomic mass is 35.5. The minimum Gasteiger partial charge on any atom is -0.507 e. The molecule has 0 bridgehead atoms. The lowest BCUT2D eigenvalue weighted by Crippen LogP contribution is -2.29. The van der Waals surface area contributed by atoms with Crippen LogP contribution in [-0.2, 0) is 16.1 Å². The van der Waals surface area contributed by atoms with Crippen LogP contribution in [0.2, 0.25) is 5.02 Å². The van der Waals surface area contributed by atoms with Crippen molar-refractivity contribution in [3.8, 4) is 11.5 Å². The van der Waals surface area contributed by atoms with E-state index in [0.717, 1.165) is 5.56 Å². The average Bonchev–Trinajstić information content (AvgIpc) is 3.13. The van der Waals surface area contributed by atoms with Gasteiger partial charge in [-0.25, -0.2) is 4.79 Å². The van der Waals surface area contributed by atoms with Gasteiger partial charge in [0.05, 0.1) is 42.0 Å². The van der Waals surface area contributed by atoms with Crippen molar-refractivity contribution in [2.45, 2.75) is 19.5 Å². The number of Topliss-reactive ketones (excluding diaryl/α,β-unsaturated/α-hetero) is 1. The number of benzene rings is 3. The largest absolute Gasteiger partial charge is 0.507 e. The summed E-state index contributed by atoms with van der Waals surface area (Å²) >= 11 is 6.34. The van der Waals surface area contributed by atoms with Gasteiger partial charge in [-0.05, 0) is 60.0 Å². The summed E-state index contributed by atoms with van der Waals surface area (Å²) in [4.78, 5) is 39.2. The maximum Gasteiger partial charge on any atom is 0.335 e. The number of ether oxygens (including phenoxy) is 2. The number of aliphatic hydroxyl groups is 1. The van der Waals surface area contributed by atoms with E-state index >= 15 is 0 Å². The molecule has 37 heavy (non-hydrogen) atoms. The van der Waals surface area contributed by atoms with Gasteiger partial charge in [0.2, 0.25) is 0 Å². The molecular formula is C28H24ClNO7. The molecule has 0 aliphatic carbocycles. The molecule has 1 amide bonds. The van der Waals surface area contributed by atoms with E-state index < -0.39 is 29.5 Å². The zero-order valence-electron chi connectivity index (χ0n) is 20.3. The van der Waals surface area contributed by atoms with Gasteiger partial charge in [-0.2, -0.15) is 0 Å². The Bertz CT molecular complexity index is 1430. The maximum absolute atomic E-state index is 13.4. The minimum absolute atomic E-state index is 0.00512. The van der Waals surface area contributed by atoms with Crippen LogP contribution in [0.1, 0.15) is 38.7 Å². The van der Waals surface area contributed by atoms with E-state index in [4.69, 9.17) is 21.1 Å². The second kappa shape index (κ2) is 10.4. The van der Waals surface area contributed by atoms with Gasteiger partial charge < -0.3 is 24.6 Å². The van der Waals surface area contributed by atoms with E-state index in [-0.39, 0.29) is 34.0 Å². The van der Waals surface area contributed by atoms with Crippen LogP contribution >= 0.6 is 11.6 Å². The summed E-state index contributed by atoms with van der Waals surface area (Å²) < 4.78 is 10.7. The van der Waals surface area contributed by atoms with Gasteiger partial charge in [0.15, 0.2) is 0 Å². The summed E-state index contributed by atoms with van der Waals surface area (Å²) in [6.07, 6.45) is 0. The smallest absolute Gasteiger partial charge is 0.335 e. The third-order valence-electron chi connectivity index (χ3n) is 6.15. The monoisotopic (exact) mass is 521 g/mol. The highest BCUT2D eigenvalue weighted by Crippen LogP contribution is 2.43. The molecule has 0 saturated carbocycles. The molecule has 1 aliphatic heterocycles. The van der Waals surface area contributed by atoms with Crippen LogP contribution in [0.5, 0.6) is 11.5 Å². The van der Waals surface area contributed by atoms with Crippen molar-refractivity contribution >= 4 is 35.0 Å². The van der Waals surface area contributed by atoms with Gasteiger partial charge in [-0.3, -0.25) is 9.59 Å². The fraction of sp³-hybridized carbons (Fsp3) is 0.179. The Morgan fingerprint density at radius 1 is 1.00 bits per heavy atom. The second-order valence-electron chi connectivity index (χ2n) is 8.53. The molecule has 1 heterocycles. The predicted octanol–water partition coefficient (Wildman–Crippen LogP) is 4.99. The molecule has 0 aromatic heterocycles. The van der Waals surface area contributed by atoms with Gasteiger partial charge >= 0.3 is 5.97 Å². The van der Waals surface area contributed by atoms with Crippen molar-refractivity contribution < 1.29 is 34.1 Å². The lowest BCUT2D eigenvalue weighted by Gasteiger charge is -2.26. The molecule has 1 atom stereocenters. The molecule has 1 unspecified atom stereocenters. The molecule has 4 rings (SSSR count). The predicted molar refractivity (Wildman–Crippen MR) is 137 cm³/mol. The molecule has 0 spiro atoms. The number of methoxy groups -OCH3 is 2. The molecule has 190 valence electrons. The van der Waals surface area contributed by atoms with E-state index in [1.807, 2.05) is 0 Å². The van der Waals surface area contributed by atoms with Gasteiger partial charge in [0.1, 0.15) is 17.3 Å². The highest BCUT2D eigenvalue weighted by Gasteiger charge is 2.46. The number of aromatic carboxylic acids is 1. The Morgan fingerprint density at radius 3 is 2.32 bits per heavy atom. The van der Waals surface area contributed by atoms with Crippen molar-refractivity contribution in [2.75, 3.05) is 14.2 Å². The number of halogens is 1. The molecule has 1 aliphatic rings. The number of likely N-dealkylation sites (tertiary alicyclic amines) is 1. The third-order valence-corrected chi connectivity index (χ3v) is 6.43. The number of carboxylic acids is 1. The number of hydrogen-bond donors (Lipinski definition) is 2. The topological polar surface area (TPSA) is 113 Å². The van der Waals surface area contributed by atoms with Crippen molar-refractivity contribution in [3.05, 3.63) is 99.1 Å². The SMILES string of the molecule is COc1cccc(C2/C(=C(\O)c3cc(C)cc(Cl)c3OC)C(=O)C(=O)N2Cc2ccc(C(=O)O)cc2)c1. The molecular weight excluding hydrogens is 498 g/mol. The number of aryl methyl sites for hydroxylation is 1. The Balaban J connectivity index is 1.90. The fourth-order valence-corrected chi connectivity index (χ4v) is 4.76. The second-order valence-corrected chi connectivity index (χ2v) is 8.94. The fourth-order valence-electron chi connectivity index (χ4n) is 4.41. The molecule has 0 radical (unpaired) electrons. The van der Waals surface area contributed by atoms with E-state index in [0.29, 0.717) is 16.9 Å². The summed E-state index contributed by atoms with van der Waals surface area (Å²) in [6.45, 7) is 1.77. The lowest BCUT2D eigenvalue weighted by atomic mass is 9.94. The minimum atomic E-state index is -1.07. The van der Waals surface area contributed by atoms with E-state index in [1.165, 1.54) is 31.3 Å². The van der Waals surface area contributed by atoms with Crippen LogP contribution in [0.15, 0.2) is 66.2 Å². The first-order valence-corrected chi connectivity index (χ1v) is 11.6. The molecule has 3 aromatic carbocycles. The normalized spacial score (nSPS) is 16.6. The van der Waals surface area contributed by atoms with Crippen LogP contribution in [0.4, 0.5) is 0 Å². The summed E-state index contributed by atoms with van der Waals surface area (Å²) in [6, 6.07) is 15.2. The first-order valence-electron chi connectivity index (χ1n) is 11.2. The first-order chi connectivity index (χ1) is 17.7. The molecule has 1 saturated heterocycles. The molecule has 8 nitrogen and oxygen atoms in total. The van der Waals surface area contributed by atoms with Gasteiger partial charge in [-0.15, -0.1) is 0 Å². The van der Waals surface area contributed by atoms with Crippen LogP contribution in [-0.4, -0.2) is 47.0 Å². The number of nitrogens with zero attached hydrogens (tertiary/aromatic N) is 1. The number of hydrogen-bond acceptors (Lipinski definition) is 6. The van der Waals surface area contributed by atoms with Gasteiger partial charge in [0, 0.05) is 6.54 Å². The van der Waals surface area contributed by atoms with Crippen molar-refractivity contribution in [2.24, 2.45) is 0 Å². The van der Waals surface area contributed by atoms with E-state index in [1.54, 1.807) is 55.5 Å². The lowest BCUT2D eigenvalue weighted by molar-refractivity contribution is -0.140. The van der Waals surface area contributed by atoms with Crippen molar-refractivity contribution in [3.63, 3.8) is 0 Å². The molecule has 2 N–H and O–H groups in total. The molecule has 1 fully saturated rings. The number of carboxylic acid groups (broad SMARTS) is 1. The highest BCUT2D eigenvalue weighted by molar-refractivity contribution is 6.46. The standard InChI is InChI=1S/C28H24ClNO7/c1-15-11-20(26(37-3)21(29)12-15)24(31)22-23(18-5-4-6-19(13-18)36-2)30(27(33)25(22)32)14-16-7-9-17(10-8-16)28(34)35/h4-13,23,31H,14H2,1-3H3,(H,34,35)/b24-22+. The van der Waals surface area contributed by atoms with Crippen LogP contribution in [0, 0.1) is 6.92 Å². The Morgan fingerprint density at radius 2 is 1.70 bits per heavy atom. The average molecular weight is 522 g/mol. The van der Waals surface area contributed by atoms with Crippen molar-refractivity contribution in [1.82, 2.24) is 4.90 Å². The number of aliphatic hydroxyl groups excluding tert-OH is 1. The van der Waals surface area contributed by atoms with Crippen molar-refractivity contribution in [1.29, 1.82) is 0 Å². The van der Waals surface area contributed by atoms with E-state index in [9.17, 15) is 24.6 Å². The number of carbonyl (C=O) groups excluding carboxylic acids is 2. The first kappa shape index (κ1) is 25.8. The molecule has 9 heteroatoms. The zero-order chi connectivity index (χ0) is 26.9. The Kier molecular flexibility index (Phi) is 7.22. The summed E-state index contributed by atoms with van der Waals surface area (Å²) in [7, 11) is 2.89. The van der Waals surface area contributed by atoms with Gasteiger partial charge in [-0.1, -0.05) is 35.9 Å².